The molecule has 0 aliphatic heterocycles. The number of nitrogens with zero attached hydrogens (tertiary/aromatic N) is 1. The van der Waals surface area contributed by atoms with Crippen molar-refractivity contribution in [2.75, 3.05) is 0 Å². The monoisotopic (exact) mass is 460 g/mol. The number of carbonyl (C=O) groups excluding carboxylic acids is 2. The number of aryl methyl sites for hydroxylation is 1. The Hall–Kier alpha value is -2.04. The smallest absolute Gasteiger partial charge is 0.242 e. The standard InChI is InChI=1S/C25H30Cl2N2O2/c1-17-7-6-8-19(13-17)15-24(30)29(16-20-11-12-22(26)23(27)14-20)18(2)25(31)28-21-9-4-3-5-10-21/h6-8,11-14,18,21H,3-5,9-10,15-16H2,1-2H3,(H,28,31). The molecular weight excluding hydrogens is 431 g/mol. The second-order valence-corrected chi connectivity index (χ2v) is 9.27. The summed E-state index contributed by atoms with van der Waals surface area (Å²) in [7, 11) is 0. The summed E-state index contributed by atoms with van der Waals surface area (Å²) < 4.78 is 0. The molecule has 0 heterocycles. The number of halogens is 2. The molecule has 0 aromatic heterocycles. The summed E-state index contributed by atoms with van der Waals surface area (Å²) in [5, 5.41) is 4.05. The highest BCUT2D eigenvalue weighted by Crippen LogP contribution is 2.24. The van der Waals surface area contributed by atoms with Crippen LogP contribution >= 0.6 is 23.2 Å². The first-order valence-electron chi connectivity index (χ1n) is 10.9. The Morgan fingerprint density at radius 3 is 2.45 bits per heavy atom. The van der Waals surface area contributed by atoms with E-state index in [-0.39, 0.29) is 24.3 Å². The average Bonchev–Trinajstić information content (AvgIpc) is 2.74. The fraction of sp³-hybridized carbons (Fsp3) is 0.440. The number of benzene rings is 2. The summed E-state index contributed by atoms with van der Waals surface area (Å²) in [6.07, 6.45) is 5.74. The molecule has 2 aromatic carbocycles. The lowest BCUT2D eigenvalue weighted by Gasteiger charge is -2.31. The highest BCUT2D eigenvalue weighted by atomic mass is 35.5. The van der Waals surface area contributed by atoms with Gasteiger partial charge in [-0.3, -0.25) is 9.59 Å². The Morgan fingerprint density at radius 1 is 1.03 bits per heavy atom. The summed E-state index contributed by atoms with van der Waals surface area (Å²) in [6, 6.07) is 12.8. The predicted octanol–water partition coefficient (Wildman–Crippen LogP) is 5.71. The Morgan fingerprint density at radius 2 is 1.77 bits per heavy atom. The van der Waals surface area contributed by atoms with Crippen molar-refractivity contribution in [2.24, 2.45) is 0 Å². The van der Waals surface area contributed by atoms with E-state index < -0.39 is 6.04 Å². The summed E-state index contributed by atoms with van der Waals surface area (Å²) in [5.74, 6) is -0.201. The quantitative estimate of drug-likeness (QED) is 0.574. The van der Waals surface area contributed by atoms with Gasteiger partial charge in [-0.2, -0.15) is 0 Å². The third-order valence-corrected chi connectivity index (χ3v) is 6.63. The first kappa shape index (κ1) is 23.6. The zero-order valence-electron chi connectivity index (χ0n) is 18.2. The zero-order valence-corrected chi connectivity index (χ0v) is 19.7. The van der Waals surface area contributed by atoms with Gasteiger partial charge in [0.15, 0.2) is 0 Å². The van der Waals surface area contributed by atoms with Gasteiger partial charge in [0.25, 0.3) is 0 Å². The van der Waals surface area contributed by atoms with Crippen molar-refractivity contribution in [2.45, 2.75) is 71.0 Å². The maximum atomic E-state index is 13.3. The minimum atomic E-state index is -0.589. The van der Waals surface area contributed by atoms with Gasteiger partial charge in [0, 0.05) is 12.6 Å². The van der Waals surface area contributed by atoms with Gasteiger partial charge in [0.2, 0.25) is 11.8 Å². The first-order valence-corrected chi connectivity index (χ1v) is 11.7. The molecule has 2 amide bonds. The molecule has 1 aliphatic carbocycles. The van der Waals surface area contributed by atoms with Crippen molar-refractivity contribution >= 4 is 35.0 Å². The molecule has 1 saturated carbocycles. The normalized spacial score (nSPS) is 15.4. The number of nitrogens with one attached hydrogen (secondary N) is 1. The summed E-state index contributed by atoms with van der Waals surface area (Å²) in [4.78, 5) is 28.0. The van der Waals surface area contributed by atoms with Crippen molar-refractivity contribution < 1.29 is 9.59 Å². The molecule has 0 radical (unpaired) electrons. The molecule has 31 heavy (non-hydrogen) atoms. The number of hydrogen-bond donors (Lipinski definition) is 1. The van der Waals surface area contributed by atoms with Gasteiger partial charge in [-0.1, -0.05) is 78.4 Å². The Bertz CT molecular complexity index is 925. The fourth-order valence-corrected chi connectivity index (χ4v) is 4.40. The summed E-state index contributed by atoms with van der Waals surface area (Å²) >= 11 is 12.2. The maximum absolute atomic E-state index is 13.3. The molecule has 1 fully saturated rings. The van der Waals surface area contributed by atoms with E-state index in [9.17, 15) is 9.59 Å². The largest absolute Gasteiger partial charge is 0.352 e. The van der Waals surface area contributed by atoms with Crippen LogP contribution in [0, 0.1) is 6.92 Å². The van der Waals surface area contributed by atoms with E-state index in [1.807, 2.05) is 37.3 Å². The highest BCUT2D eigenvalue weighted by Gasteiger charge is 2.28. The molecule has 1 unspecified atom stereocenters. The zero-order chi connectivity index (χ0) is 22.4. The van der Waals surface area contributed by atoms with Gasteiger partial charge in [0.1, 0.15) is 6.04 Å². The van der Waals surface area contributed by atoms with Crippen LogP contribution in [0.5, 0.6) is 0 Å². The van der Waals surface area contributed by atoms with Crippen molar-refractivity contribution in [3.05, 3.63) is 69.2 Å². The molecule has 0 spiro atoms. The van der Waals surface area contributed by atoms with Gasteiger partial charge in [-0.25, -0.2) is 0 Å². The van der Waals surface area contributed by atoms with Gasteiger partial charge < -0.3 is 10.2 Å². The van der Waals surface area contributed by atoms with Crippen LogP contribution in [0.3, 0.4) is 0 Å². The van der Waals surface area contributed by atoms with Crippen LogP contribution in [0.4, 0.5) is 0 Å². The van der Waals surface area contributed by atoms with Crippen molar-refractivity contribution in [1.82, 2.24) is 10.2 Å². The molecule has 166 valence electrons. The van der Waals surface area contributed by atoms with Gasteiger partial charge >= 0.3 is 0 Å². The first-order chi connectivity index (χ1) is 14.8. The SMILES string of the molecule is Cc1cccc(CC(=O)N(Cc2ccc(Cl)c(Cl)c2)C(C)C(=O)NC2CCCCC2)c1. The summed E-state index contributed by atoms with van der Waals surface area (Å²) in [5.41, 5.74) is 2.87. The highest BCUT2D eigenvalue weighted by molar-refractivity contribution is 6.42. The Balaban J connectivity index is 1.78. The molecule has 2 aromatic rings. The number of carbonyl (C=O) groups is 2. The second-order valence-electron chi connectivity index (χ2n) is 8.46. The van der Waals surface area contributed by atoms with Crippen LogP contribution in [0.1, 0.15) is 55.7 Å². The van der Waals surface area contributed by atoms with Gasteiger partial charge in [-0.05, 0) is 49.9 Å². The lowest BCUT2D eigenvalue weighted by molar-refractivity contribution is -0.140. The molecule has 1 aliphatic rings. The Labute approximate surface area is 194 Å². The molecule has 4 nitrogen and oxygen atoms in total. The van der Waals surface area contributed by atoms with E-state index in [2.05, 4.69) is 5.32 Å². The van der Waals surface area contributed by atoms with Crippen LogP contribution in [-0.4, -0.2) is 28.8 Å². The molecule has 0 bridgehead atoms. The molecule has 3 rings (SSSR count). The second kappa shape index (κ2) is 11.0. The minimum absolute atomic E-state index is 0.0945. The van der Waals surface area contributed by atoms with Crippen LogP contribution in [-0.2, 0) is 22.6 Å². The fourth-order valence-electron chi connectivity index (χ4n) is 4.08. The predicted molar refractivity (Wildman–Crippen MR) is 126 cm³/mol. The molecular formula is C25H30Cl2N2O2. The Kier molecular flexibility index (Phi) is 8.39. The lowest BCUT2D eigenvalue weighted by atomic mass is 9.95. The minimum Gasteiger partial charge on any atom is -0.352 e. The van der Waals surface area contributed by atoms with E-state index in [0.717, 1.165) is 42.4 Å². The topological polar surface area (TPSA) is 49.4 Å². The number of rotatable bonds is 7. The molecule has 0 saturated heterocycles. The van der Waals surface area contributed by atoms with E-state index in [4.69, 9.17) is 23.2 Å². The molecule has 6 heteroatoms. The molecule has 1 N–H and O–H groups in total. The van der Waals surface area contributed by atoms with Crippen LogP contribution in [0.25, 0.3) is 0 Å². The summed E-state index contributed by atoms with van der Waals surface area (Å²) in [6.45, 7) is 4.09. The van der Waals surface area contributed by atoms with Crippen molar-refractivity contribution in [1.29, 1.82) is 0 Å². The third-order valence-electron chi connectivity index (χ3n) is 5.89. The van der Waals surface area contributed by atoms with Crippen molar-refractivity contribution in [3.8, 4) is 0 Å². The van der Waals surface area contributed by atoms with Gasteiger partial charge in [-0.15, -0.1) is 0 Å². The van der Waals surface area contributed by atoms with Crippen molar-refractivity contribution in [3.63, 3.8) is 0 Å². The van der Waals surface area contributed by atoms with Crippen LogP contribution < -0.4 is 5.32 Å². The van der Waals surface area contributed by atoms with E-state index >= 15 is 0 Å². The number of amides is 2. The third kappa shape index (κ3) is 6.72. The average molecular weight is 461 g/mol. The van der Waals surface area contributed by atoms with Crippen LogP contribution in [0.15, 0.2) is 42.5 Å². The van der Waals surface area contributed by atoms with Crippen LogP contribution in [0.2, 0.25) is 10.0 Å². The van der Waals surface area contributed by atoms with E-state index in [1.54, 1.807) is 24.0 Å². The van der Waals surface area contributed by atoms with E-state index in [1.165, 1.54) is 6.42 Å². The van der Waals surface area contributed by atoms with Gasteiger partial charge in [0.05, 0.1) is 16.5 Å². The molecule has 1 atom stereocenters. The lowest BCUT2D eigenvalue weighted by Crippen LogP contribution is -2.50. The maximum Gasteiger partial charge on any atom is 0.242 e. The number of hydrogen-bond acceptors (Lipinski definition) is 2. The van der Waals surface area contributed by atoms with E-state index in [0.29, 0.717) is 16.6 Å².